The molecule has 0 spiro atoms. The second-order valence-electron chi connectivity index (χ2n) is 4.07. The molecule has 1 fully saturated rings. The van der Waals surface area contributed by atoms with Crippen LogP contribution in [0.2, 0.25) is 0 Å². The van der Waals surface area contributed by atoms with Gasteiger partial charge in [0.15, 0.2) is 0 Å². The molecule has 1 aromatic carbocycles. The van der Waals surface area contributed by atoms with Gasteiger partial charge in [-0.05, 0) is 31.9 Å². The molecular weight excluding hydrogens is 174 g/mol. The standard InChI is InChI=1S/C12H17NO/c1-10-12(14,8-5-9-13-10)11-6-3-2-4-7-11/h2-4,6-7,10,13-14H,5,8-9H2,1H3/t10-,12+/m0/s1. The number of piperidine rings is 1. The quantitative estimate of drug-likeness (QED) is 0.707. The molecule has 2 atom stereocenters. The Morgan fingerprint density at radius 2 is 2.07 bits per heavy atom. The third-order valence-corrected chi connectivity index (χ3v) is 3.18. The topological polar surface area (TPSA) is 32.3 Å². The Hall–Kier alpha value is -0.860. The number of hydrogen-bond donors (Lipinski definition) is 2. The molecular formula is C12H17NO. The summed E-state index contributed by atoms with van der Waals surface area (Å²) >= 11 is 0. The van der Waals surface area contributed by atoms with Gasteiger partial charge in [-0.1, -0.05) is 30.3 Å². The van der Waals surface area contributed by atoms with E-state index >= 15 is 0 Å². The summed E-state index contributed by atoms with van der Waals surface area (Å²) in [5.74, 6) is 0. The Bertz CT molecular complexity index is 298. The summed E-state index contributed by atoms with van der Waals surface area (Å²) in [7, 11) is 0. The first-order valence-electron chi connectivity index (χ1n) is 5.25. The molecule has 0 unspecified atom stereocenters. The van der Waals surface area contributed by atoms with E-state index in [9.17, 15) is 5.11 Å². The summed E-state index contributed by atoms with van der Waals surface area (Å²) < 4.78 is 0. The minimum atomic E-state index is -0.681. The van der Waals surface area contributed by atoms with E-state index in [0.29, 0.717) is 0 Å². The lowest BCUT2D eigenvalue weighted by molar-refractivity contribution is -0.0226. The normalized spacial score (nSPS) is 32.9. The van der Waals surface area contributed by atoms with E-state index in [1.807, 2.05) is 37.3 Å². The van der Waals surface area contributed by atoms with Crippen molar-refractivity contribution in [2.75, 3.05) is 6.54 Å². The van der Waals surface area contributed by atoms with Gasteiger partial charge in [-0.25, -0.2) is 0 Å². The van der Waals surface area contributed by atoms with Crippen LogP contribution >= 0.6 is 0 Å². The summed E-state index contributed by atoms with van der Waals surface area (Å²) in [6.07, 6.45) is 1.89. The first-order chi connectivity index (χ1) is 6.73. The highest BCUT2D eigenvalue weighted by Gasteiger charge is 2.37. The van der Waals surface area contributed by atoms with Gasteiger partial charge in [-0.3, -0.25) is 0 Å². The maximum atomic E-state index is 10.5. The molecule has 1 heterocycles. The molecule has 0 aliphatic carbocycles. The lowest BCUT2D eigenvalue weighted by Gasteiger charge is -2.39. The summed E-state index contributed by atoms with van der Waals surface area (Å²) in [4.78, 5) is 0. The van der Waals surface area contributed by atoms with Crippen LogP contribution in [0.15, 0.2) is 30.3 Å². The summed E-state index contributed by atoms with van der Waals surface area (Å²) in [5.41, 5.74) is 0.346. The zero-order valence-corrected chi connectivity index (χ0v) is 8.53. The van der Waals surface area contributed by atoms with Crippen molar-refractivity contribution in [2.45, 2.75) is 31.4 Å². The predicted molar refractivity (Wildman–Crippen MR) is 57.0 cm³/mol. The number of benzene rings is 1. The average molecular weight is 191 g/mol. The summed E-state index contributed by atoms with van der Waals surface area (Å²) in [6, 6.07) is 10.1. The second kappa shape index (κ2) is 3.71. The fourth-order valence-electron chi connectivity index (χ4n) is 2.18. The van der Waals surface area contributed by atoms with Gasteiger partial charge in [0.1, 0.15) is 5.60 Å². The van der Waals surface area contributed by atoms with Gasteiger partial charge < -0.3 is 10.4 Å². The van der Waals surface area contributed by atoms with Crippen molar-refractivity contribution >= 4 is 0 Å². The number of rotatable bonds is 1. The molecule has 1 aliphatic heterocycles. The van der Waals surface area contributed by atoms with E-state index in [0.717, 1.165) is 24.9 Å². The first-order valence-corrected chi connectivity index (χ1v) is 5.25. The maximum absolute atomic E-state index is 10.5. The molecule has 1 aliphatic rings. The molecule has 0 amide bonds. The third kappa shape index (κ3) is 1.56. The van der Waals surface area contributed by atoms with Crippen molar-refractivity contribution in [3.63, 3.8) is 0 Å². The van der Waals surface area contributed by atoms with Gasteiger partial charge >= 0.3 is 0 Å². The Morgan fingerprint density at radius 3 is 2.71 bits per heavy atom. The van der Waals surface area contributed by atoms with Crippen molar-refractivity contribution in [2.24, 2.45) is 0 Å². The molecule has 2 rings (SSSR count). The third-order valence-electron chi connectivity index (χ3n) is 3.18. The van der Waals surface area contributed by atoms with Crippen LogP contribution in [0.25, 0.3) is 0 Å². The summed E-state index contributed by atoms with van der Waals surface area (Å²) in [6.45, 7) is 3.06. The van der Waals surface area contributed by atoms with Crippen molar-refractivity contribution < 1.29 is 5.11 Å². The van der Waals surface area contributed by atoms with E-state index in [4.69, 9.17) is 0 Å². The van der Waals surface area contributed by atoms with Crippen molar-refractivity contribution in [3.8, 4) is 0 Å². The second-order valence-corrected chi connectivity index (χ2v) is 4.07. The van der Waals surface area contributed by atoms with E-state index in [-0.39, 0.29) is 6.04 Å². The summed E-state index contributed by atoms with van der Waals surface area (Å²) in [5, 5.41) is 13.9. The fraction of sp³-hybridized carbons (Fsp3) is 0.500. The average Bonchev–Trinajstić information content (AvgIpc) is 2.24. The zero-order valence-electron chi connectivity index (χ0n) is 8.53. The lowest BCUT2D eigenvalue weighted by atomic mass is 9.81. The molecule has 14 heavy (non-hydrogen) atoms. The van der Waals surface area contributed by atoms with Crippen LogP contribution in [-0.2, 0) is 5.60 Å². The van der Waals surface area contributed by atoms with Crippen LogP contribution in [-0.4, -0.2) is 17.7 Å². The van der Waals surface area contributed by atoms with Crippen molar-refractivity contribution in [1.82, 2.24) is 5.32 Å². The van der Waals surface area contributed by atoms with Crippen LogP contribution in [0.3, 0.4) is 0 Å². The lowest BCUT2D eigenvalue weighted by Crippen LogP contribution is -2.50. The van der Waals surface area contributed by atoms with Gasteiger partial charge in [0.05, 0.1) is 0 Å². The SMILES string of the molecule is C[C@@H]1NCCC[C@]1(O)c1ccccc1. The highest BCUT2D eigenvalue weighted by atomic mass is 16.3. The fourth-order valence-corrected chi connectivity index (χ4v) is 2.18. The van der Waals surface area contributed by atoms with Crippen LogP contribution < -0.4 is 5.32 Å². The molecule has 76 valence electrons. The zero-order chi connectivity index (χ0) is 10.0. The van der Waals surface area contributed by atoms with Crippen LogP contribution in [0.1, 0.15) is 25.3 Å². The van der Waals surface area contributed by atoms with Crippen LogP contribution in [0.4, 0.5) is 0 Å². The Morgan fingerprint density at radius 1 is 1.36 bits per heavy atom. The van der Waals surface area contributed by atoms with E-state index in [1.165, 1.54) is 0 Å². The number of nitrogens with one attached hydrogen (secondary N) is 1. The predicted octanol–water partition coefficient (Wildman–Crippen LogP) is 1.65. The molecule has 1 saturated heterocycles. The van der Waals surface area contributed by atoms with Crippen LogP contribution in [0, 0.1) is 0 Å². The van der Waals surface area contributed by atoms with Crippen molar-refractivity contribution in [3.05, 3.63) is 35.9 Å². The van der Waals surface area contributed by atoms with Gasteiger partial charge in [0.2, 0.25) is 0 Å². The highest BCUT2D eigenvalue weighted by Crippen LogP contribution is 2.32. The Kier molecular flexibility index (Phi) is 2.57. The molecule has 0 aromatic heterocycles. The van der Waals surface area contributed by atoms with Gasteiger partial charge in [-0.15, -0.1) is 0 Å². The molecule has 1 aromatic rings. The smallest absolute Gasteiger partial charge is 0.105 e. The van der Waals surface area contributed by atoms with Gasteiger partial charge in [0.25, 0.3) is 0 Å². The van der Waals surface area contributed by atoms with E-state index < -0.39 is 5.60 Å². The van der Waals surface area contributed by atoms with E-state index in [2.05, 4.69) is 5.32 Å². The molecule has 0 bridgehead atoms. The molecule has 0 saturated carbocycles. The minimum Gasteiger partial charge on any atom is -0.384 e. The molecule has 0 radical (unpaired) electrons. The van der Waals surface area contributed by atoms with Gasteiger partial charge in [0, 0.05) is 6.04 Å². The largest absolute Gasteiger partial charge is 0.384 e. The minimum absolute atomic E-state index is 0.138. The molecule has 2 nitrogen and oxygen atoms in total. The number of hydrogen-bond acceptors (Lipinski definition) is 2. The number of aliphatic hydroxyl groups is 1. The highest BCUT2D eigenvalue weighted by molar-refractivity contribution is 5.24. The maximum Gasteiger partial charge on any atom is 0.105 e. The van der Waals surface area contributed by atoms with Gasteiger partial charge in [-0.2, -0.15) is 0 Å². The van der Waals surface area contributed by atoms with E-state index in [1.54, 1.807) is 0 Å². The van der Waals surface area contributed by atoms with Crippen LogP contribution in [0.5, 0.6) is 0 Å². The first kappa shape index (κ1) is 9.69. The van der Waals surface area contributed by atoms with Crippen molar-refractivity contribution in [1.29, 1.82) is 0 Å². The Balaban J connectivity index is 2.30. The molecule has 2 heteroatoms. The molecule has 2 N–H and O–H groups in total. The monoisotopic (exact) mass is 191 g/mol. The Labute approximate surface area is 85.0 Å².